The molecule has 0 atom stereocenters. The number of carbonyl (C=O) groups is 1. The van der Waals surface area contributed by atoms with E-state index in [0.717, 1.165) is 34.2 Å². The lowest BCUT2D eigenvalue weighted by Gasteiger charge is -2.32. The monoisotopic (exact) mass is 423 g/mol. The first kappa shape index (κ1) is 14.2. The summed E-state index contributed by atoms with van der Waals surface area (Å²) in [5.41, 5.74) is 3.68. The molecule has 1 aromatic rings. The molecule has 0 aliphatic carbocycles. The van der Waals surface area contributed by atoms with Crippen LogP contribution in [-0.4, -0.2) is 49.0 Å². The molecule has 0 radical (unpaired) electrons. The van der Waals surface area contributed by atoms with Crippen molar-refractivity contribution in [3.05, 3.63) is 31.8 Å². The molecule has 1 aliphatic heterocycles. The molecule has 98 valence electrons. The van der Waals surface area contributed by atoms with Crippen LogP contribution in [0.5, 0.6) is 0 Å². The van der Waals surface area contributed by atoms with Crippen LogP contribution in [-0.2, 0) is 0 Å². The topological polar surface area (TPSA) is 35.6 Å². The summed E-state index contributed by atoms with van der Waals surface area (Å²) in [4.78, 5) is 14.4. The number of benzene rings is 1. The van der Waals surface area contributed by atoms with Gasteiger partial charge < -0.3 is 4.90 Å². The van der Waals surface area contributed by atoms with Crippen molar-refractivity contribution in [2.24, 2.45) is 0 Å². The first-order valence-electron chi connectivity index (χ1n) is 5.76. The highest BCUT2D eigenvalue weighted by molar-refractivity contribution is 14.1. The molecule has 18 heavy (non-hydrogen) atoms. The lowest BCUT2D eigenvalue weighted by Crippen LogP contribution is -2.52. The summed E-state index contributed by atoms with van der Waals surface area (Å²) in [7, 11) is 2.09. The number of likely N-dealkylation sites (N-methyl/N-ethyl adjacent to an activating group) is 1. The van der Waals surface area contributed by atoms with Crippen LogP contribution in [0.4, 0.5) is 0 Å². The summed E-state index contributed by atoms with van der Waals surface area (Å²) < 4.78 is 1.88. The Balaban J connectivity index is 2.01. The second-order valence-electron chi connectivity index (χ2n) is 4.36. The minimum absolute atomic E-state index is 0.0368. The maximum atomic E-state index is 12.2. The van der Waals surface area contributed by atoms with Gasteiger partial charge in [-0.2, -0.15) is 0 Å². The van der Waals surface area contributed by atoms with Crippen molar-refractivity contribution in [2.45, 2.75) is 0 Å². The summed E-state index contributed by atoms with van der Waals surface area (Å²) in [6.45, 7) is 3.70. The number of halogens is 2. The van der Waals surface area contributed by atoms with Gasteiger partial charge in [-0.3, -0.25) is 10.2 Å². The largest absolute Gasteiger partial charge is 0.304 e. The number of nitrogens with one attached hydrogen (secondary N) is 1. The van der Waals surface area contributed by atoms with Crippen molar-refractivity contribution < 1.29 is 4.79 Å². The normalized spacial score (nSPS) is 17.7. The van der Waals surface area contributed by atoms with Crippen molar-refractivity contribution in [1.82, 2.24) is 15.3 Å². The van der Waals surface area contributed by atoms with Crippen LogP contribution in [0, 0.1) is 3.57 Å². The number of rotatable bonds is 2. The molecule has 1 aromatic carbocycles. The van der Waals surface area contributed by atoms with Gasteiger partial charge in [0.05, 0.1) is 5.56 Å². The Morgan fingerprint density at radius 3 is 2.67 bits per heavy atom. The van der Waals surface area contributed by atoms with Gasteiger partial charge in [-0.25, -0.2) is 5.01 Å². The molecule has 0 spiro atoms. The smallest absolute Gasteiger partial charge is 0.266 e. The summed E-state index contributed by atoms with van der Waals surface area (Å²) in [5.74, 6) is -0.0368. The number of hydrazine groups is 1. The van der Waals surface area contributed by atoms with E-state index in [-0.39, 0.29) is 5.91 Å². The average Bonchev–Trinajstić information content (AvgIpc) is 2.35. The van der Waals surface area contributed by atoms with Gasteiger partial charge in [-0.15, -0.1) is 0 Å². The van der Waals surface area contributed by atoms with Gasteiger partial charge in [-0.05, 0) is 47.8 Å². The summed E-state index contributed by atoms with van der Waals surface area (Å²) in [5, 5.41) is 1.99. The fourth-order valence-electron chi connectivity index (χ4n) is 1.79. The van der Waals surface area contributed by atoms with Gasteiger partial charge >= 0.3 is 0 Å². The minimum atomic E-state index is -0.0368. The third-order valence-electron chi connectivity index (χ3n) is 2.94. The second kappa shape index (κ2) is 6.31. The van der Waals surface area contributed by atoms with Crippen LogP contribution < -0.4 is 5.43 Å². The Morgan fingerprint density at radius 2 is 2.00 bits per heavy atom. The first-order valence-corrected chi connectivity index (χ1v) is 7.63. The molecule has 1 N–H and O–H groups in total. The lowest BCUT2D eigenvalue weighted by molar-refractivity contribution is 0.0661. The molecule has 0 unspecified atom stereocenters. The zero-order valence-electron chi connectivity index (χ0n) is 10.1. The van der Waals surface area contributed by atoms with E-state index in [2.05, 4.69) is 55.9 Å². The van der Waals surface area contributed by atoms with Crippen molar-refractivity contribution >= 4 is 44.4 Å². The summed E-state index contributed by atoms with van der Waals surface area (Å²) in [6.07, 6.45) is 0. The van der Waals surface area contributed by atoms with E-state index in [1.807, 2.05) is 23.2 Å². The zero-order valence-corrected chi connectivity index (χ0v) is 13.9. The minimum Gasteiger partial charge on any atom is -0.304 e. The van der Waals surface area contributed by atoms with Gasteiger partial charge in [0.25, 0.3) is 5.91 Å². The SMILES string of the molecule is CN1CCN(NC(=O)c2cc(Br)ccc2I)CC1. The highest BCUT2D eigenvalue weighted by atomic mass is 127. The van der Waals surface area contributed by atoms with Gasteiger partial charge in [0.2, 0.25) is 0 Å². The third kappa shape index (κ3) is 3.66. The Bertz CT molecular complexity index is 447. The van der Waals surface area contributed by atoms with E-state index >= 15 is 0 Å². The molecule has 0 bridgehead atoms. The molecule has 0 saturated carbocycles. The standard InChI is InChI=1S/C12H15BrIN3O/c1-16-4-6-17(7-5-16)15-12(18)10-8-9(13)2-3-11(10)14/h2-3,8H,4-7H2,1H3,(H,15,18). The molecule has 1 amide bonds. The number of carbonyl (C=O) groups excluding carboxylic acids is 1. The quantitative estimate of drug-likeness (QED) is 0.738. The lowest BCUT2D eigenvalue weighted by atomic mass is 10.2. The van der Waals surface area contributed by atoms with Crippen molar-refractivity contribution in [3.63, 3.8) is 0 Å². The molecule has 4 nitrogen and oxygen atoms in total. The van der Waals surface area contributed by atoms with Crippen molar-refractivity contribution in [2.75, 3.05) is 33.2 Å². The van der Waals surface area contributed by atoms with Gasteiger partial charge in [0.1, 0.15) is 0 Å². The van der Waals surface area contributed by atoms with Crippen LogP contribution in [0.15, 0.2) is 22.7 Å². The Hall–Kier alpha value is -0.180. The highest BCUT2D eigenvalue weighted by Gasteiger charge is 2.17. The highest BCUT2D eigenvalue weighted by Crippen LogP contribution is 2.18. The molecule has 1 aliphatic rings. The number of hydrogen-bond acceptors (Lipinski definition) is 3. The van der Waals surface area contributed by atoms with Gasteiger partial charge in [-0.1, -0.05) is 15.9 Å². The average molecular weight is 424 g/mol. The molecule has 0 aromatic heterocycles. The molecule has 1 fully saturated rings. The van der Waals surface area contributed by atoms with Crippen LogP contribution in [0.2, 0.25) is 0 Å². The van der Waals surface area contributed by atoms with Crippen molar-refractivity contribution in [3.8, 4) is 0 Å². The Labute approximate surface area is 129 Å². The van der Waals surface area contributed by atoms with Gasteiger partial charge in [0.15, 0.2) is 0 Å². The number of nitrogens with zero attached hydrogens (tertiary/aromatic N) is 2. The van der Waals surface area contributed by atoms with E-state index in [0.29, 0.717) is 5.56 Å². The maximum Gasteiger partial charge on any atom is 0.266 e. The third-order valence-corrected chi connectivity index (χ3v) is 4.37. The van der Waals surface area contributed by atoms with Crippen LogP contribution in [0.1, 0.15) is 10.4 Å². The molecule has 6 heteroatoms. The Morgan fingerprint density at radius 1 is 1.33 bits per heavy atom. The maximum absolute atomic E-state index is 12.2. The van der Waals surface area contributed by atoms with Gasteiger partial charge in [0, 0.05) is 34.2 Å². The number of hydrogen-bond donors (Lipinski definition) is 1. The first-order chi connectivity index (χ1) is 8.56. The van der Waals surface area contributed by atoms with Crippen molar-refractivity contribution in [1.29, 1.82) is 0 Å². The Kier molecular flexibility index (Phi) is 4.99. The predicted octanol–water partition coefficient (Wildman–Crippen LogP) is 1.95. The second-order valence-corrected chi connectivity index (χ2v) is 6.43. The molecular formula is C12H15BrIN3O. The summed E-state index contributed by atoms with van der Waals surface area (Å²) >= 11 is 5.58. The van der Waals surface area contributed by atoms with Crippen LogP contribution >= 0.6 is 38.5 Å². The number of piperazine rings is 1. The van der Waals surface area contributed by atoms with Crippen LogP contribution in [0.3, 0.4) is 0 Å². The van der Waals surface area contributed by atoms with E-state index in [1.165, 1.54) is 0 Å². The summed E-state index contributed by atoms with van der Waals surface area (Å²) in [6, 6.07) is 5.73. The predicted molar refractivity (Wildman–Crippen MR) is 83.4 cm³/mol. The molecule has 1 heterocycles. The molecular weight excluding hydrogens is 409 g/mol. The van der Waals surface area contributed by atoms with E-state index < -0.39 is 0 Å². The van der Waals surface area contributed by atoms with E-state index in [4.69, 9.17) is 0 Å². The zero-order chi connectivity index (χ0) is 13.1. The van der Waals surface area contributed by atoms with E-state index in [1.54, 1.807) is 0 Å². The fraction of sp³-hybridized carbons (Fsp3) is 0.417. The molecule has 2 rings (SSSR count). The number of amides is 1. The van der Waals surface area contributed by atoms with Crippen LogP contribution in [0.25, 0.3) is 0 Å². The molecule has 1 saturated heterocycles. The van der Waals surface area contributed by atoms with E-state index in [9.17, 15) is 4.79 Å². The fourth-order valence-corrected chi connectivity index (χ4v) is 2.74.